The zero-order valence-corrected chi connectivity index (χ0v) is 14.3. The molecular formula is C17H16FNO5S. The number of sulfone groups is 1. The number of hydrogen-bond acceptors (Lipinski definition) is 5. The third-order valence-corrected chi connectivity index (χ3v) is 4.41. The smallest absolute Gasteiger partial charge is 0.340 e. The van der Waals surface area contributed by atoms with Gasteiger partial charge in [-0.25, -0.2) is 17.6 Å². The van der Waals surface area contributed by atoms with Crippen LogP contribution in [-0.4, -0.2) is 32.7 Å². The van der Waals surface area contributed by atoms with E-state index >= 15 is 0 Å². The molecule has 2 aromatic rings. The van der Waals surface area contributed by atoms with Gasteiger partial charge in [-0.15, -0.1) is 0 Å². The van der Waals surface area contributed by atoms with Crippen LogP contribution in [0.15, 0.2) is 53.4 Å². The maximum atomic E-state index is 13.1. The van der Waals surface area contributed by atoms with Gasteiger partial charge in [0.25, 0.3) is 5.91 Å². The van der Waals surface area contributed by atoms with Crippen LogP contribution in [0.2, 0.25) is 0 Å². The van der Waals surface area contributed by atoms with E-state index in [0.29, 0.717) is 0 Å². The zero-order chi connectivity index (χ0) is 18.6. The minimum atomic E-state index is -3.63. The van der Waals surface area contributed by atoms with E-state index in [1.165, 1.54) is 49.4 Å². The zero-order valence-electron chi connectivity index (χ0n) is 13.5. The topological polar surface area (TPSA) is 89.5 Å². The van der Waals surface area contributed by atoms with Crippen molar-refractivity contribution in [2.75, 3.05) is 11.6 Å². The third kappa shape index (κ3) is 4.87. The number of esters is 1. The van der Waals surface area contributed by atoms with E-state index in [2.05, 4.69) is 5.32 Å². The summed E-state index contributed by atoms with van der Waals surface area (Å²) in [5.74, 6) is -2.14. The lowest BCUT2D eigenvalue weighted by atomic mass is 10.2. The Morgan fingerprint density at radius 3 is 2.44 bits per heavy atom. The van der Waals surface area contributed by atoms with Gasteiger partial charge in [-0.2, -0.15) is 0 Å². The summed E-state index contributed by atoms with van der Waals surface area (Å²) in [6, 6.07) is 10.8. The Morgan fingerprint density at radius 1 is 1.12 bits per heavy atom. The van der Waals surface area contributed by atoms with E-state index < -0.39 is 33.6 Å². The van der Waals surface area contributed by atoms with Gasteiger partial charge >= 0.3 is 5.97 Å². The SMILES string of the molecule is C[C@H](OC(=O)c1ccccc1S(C)(=O)=O)C(=O)Nc1cccc(F)c1. The molecule has 1 N–H and O–H groups in total. The van der Waals surface area contributed by atoms with Crippen LogP contribution in [-0.2, 0) is 19.4 Å². The lowest BCUT2D eigenvalue weighted by Gasteiger charge is -2.14. The average molecular weight is 365 g/mol. The fourth-order valence-corrected chi connectivity index (χ4v) is 2.92. The highest BCUT2D eigenvalue weighted by atomic mass is 32.2. The lowest BCUT2D eigenvalue weighted by Crippen LogP contribution is -2.30. The quantitative estimate of drug-likeness (QED) is 0.822. The van der Waals surface area contributed by atoms with Crippen LogP contribution in [0, 0.1) is 5.82 Å². The number of carbonyl (C=O) groups excluding carboxylic acids is 2. The van der Waals surface area contributed by atoms with Crippen molar-refractivity contribution >= 4 is 27.4 Å². The van der Waals surface area contributed by atoms with E-state index in [9.17, 15) is 22.4 Å². The number of carbonyl (C=O) groups is 2. The van der Waals surface area contributed by atoms with Gasteiger partial charge in [0.05, 0.1) is 10.5 Å². The number of benzene rings is 2. The molecule has 0 bridgehead atoms. The summed E-state index contributed by atoms with van der Waals surface area (Å²) in [7, 11) is -3.63. The lowest BCUT2D eigenvalue weighted by molar-refractivity contribution is -0.123. The Bertz CT molecular complexity index is 911. The molecule has 2 rings (SSSR count). The second-order valence-electron chi connectivity index (χ2n) is 5.32. The molecule has 0 unspecified atom stereocenters. The van der Waals surface area contributed by atoms with Gasteiger partial charge in [-0.05, 0) is 37.3 Å². The maximum Gasteiger partial charge on any atom is 0.340 e. The first-order valence-electron chi connectivity index (χ1n) is 7.25. The van der Waals surface area contributed by atoms with E-state index in [-0.39, 0.29) is 16.1 Å². The molecule has 0 spiro atoms. The summed E-state index contributed by atoms with van der Waals surface area (Å²) in [4.78, 5) is 24.1. The van der Waals surface area contributed by atoms with Crippen LogP contribution in [0.5, 0.6) is 0 Å². The highest BCUT2D eigenvalue weighted by molar-refractivity contribution is 7.90. The molecule has 25 heavy (non-hydrogen) atoms. The Hall–Kier alpha value is -2.74. The monoisotopic (exact) mass is 365 g/mol. The molecule has 8 heteroatoms. The first-order valence-corrected chi connectivity index (χ1v) is 9.14. The number of nitrogens with one attached hydrogen (secondary N) is 1. The number of anilines is 1. The molecule has 0 aliphatic carbocycles. The predicted octanol–water partition coefficient (Wildman–Crippen LogP) is 2.41. The number of rotatable bonds is 5. The molecule has 132 valence electrons. The van der Waals surface area contributed by atoms with Gasteiger partial charge < -0.3 is 10.1 Å². The van der Waals surface area contributed by atoms with Crippen LogP contribution in [0.3, 0.4) is 0 Å². The number of ether oxygens (including phenoxy) is 1. The van der Waals surface area contributed by atoms with Crippen molar-refractivity contribution in [3.05, 3.63) is 59.9 Å². The Morgan fingerprint density at radius 2 is 1.80 bits per heavy atom. The third-order valence-electron chi connectivity index (χ3n) is 3.25. The van der Waals surface area contributed by atoms with Crippen LogP contribution in [0.4, 0.5) is 10.1 Å². The summed E-state index contributed by atoms with van der Waals surface area (Å²) in [6.07, 6.45) is -0.234. The molecule has 2 aromatic carbocycles. The minimum absolute atomic E-state index is 0.157. The minimum Gasteiger partial charge on any atom is -0.449 e. The van der Waals surface area contributed by atoms with E-state index in [4.69, 9.17) is 4.74 Å². The number of amides is 1. The summed E-state index contributed by atoms with van der Waals surface area (Å²) in [5.41, 5.74) is 0.0554. The van der Waals surface area contributed by atoms with E-state index in [1.54, 1.807) is 0 Å². The fraction of sp³-hybridized carbons (Fsp3) is 0.176. The second kappa shape index (κ2) is 7.43. The van der Waals surface area contributed by atoms with Gasteiger partial charge in [0, 0.05) is 11.9 Å². The summed E-state index contributed by atoms with van der Waals surface area (Å²) >= 11 is 0. The van der Waals surface area contributed by atoms with Crippen LogP contribution < -0.4 is 5.32 Å². The Labute approximate surface area is 144 Å². The van der Waals surface area contributed by atoms with Gasteiger partial charge in [-0.3, -0.25) is 4.79 Å². The molecule has 0 heterocycles. The summed E-state index contributed by atoms with van der Waals surface area (Å²) in [5, 5.41) is 2.41. The highest BCUT2D eigenvalue weighted by Crippen LogP contribution is 2.17. The predicted molar refractivity (Wildman–Crippen MR) is 89.5 cm³/mol. The largest absolute Gasteiger partial charge is 0.449 e. The Kier molecular flexibility index (Phi) is 5.53. The normalized spacial score (nSPS) is 12.3. The molecular weight excluding hydrogens is 349 g/mol. The van der Waals surface area contributed by atoms with Gasteiger partial charge in [0.1, 0.15) is 5.82 Å². The maximum absolute atomic E-state index is 13.1. The van der Waals surface area contributed by atoms with Crippen molar-refractivity contribution < 1.29 is 27.1 Å². The van der Waals surface area contributed by atoms with Gasteiger partial charge in [0.2, 0.25) is 0 Å². The number of halogens is 1. The molecule has 0 radical (unpaired) electrons. The molecule has 1 atom stereocenters. The molecule has 0 aromatic heterocycles. The van der Waals surface area contributed by atoms with Gasteiger partial charge in [-0.1, -0.05) is 18.2 Å². The first kappa shape index (κ1) is 18.6. The van der Waals surface area contributed by atoms with Crippen molar-refractivity contribution in [1.29, 1.82) is 0 Å². The van der Waals surface area contributed by atoms with Crippen molar-refractivity contribution in [1.82, 2.24) is 0 Å². The highest BCUT2D eigenvalue weighted by Gasteiger charge is 2.23. The van der Waals surface area contributed by atoms with E-state index in [0.717, 1.165) is 12.3 Å². The molecule has 0 saturated heterocycles. The van der Waals surface area contributed by atoms with E-state index in [1.807, 2.05) is 0 Å². The first-order chi connectivity index (χ1) is 11.7. The second-order valence-corrected chi connectivity index (χ2v) is 7.30. The molecule has 0 fully saturated rings. The summed E-state index contributed by atoms with van der Waals surface area (Å²) < 4.78 is 41.6. The molecule has 0 saturated carbocycles. The Balaban J connectivity index is 2.11. The molecule has 1 amide bonds. The average Bonchev–Trinajstić information content (AvgIpc) is 2.54. The van der Waals surface area contributed by atoms with Crippen molar-refractivity contribution in [2.45, 2.75) is 17.9 Å². The standard InChI is InChI=1S/C17H16FNO5S/c1-11(16(20)19-13-7-5-6-12(18)10-13)24-17(21)14-8-3-4-9-15(14)25(2,22)23/h3-11H,1-2H3,(H,19,20)/t11-/m0/s1. The number of hydrogen-bond donors (Lipinski definition) is 1. The molecule has 0 aliphatic rings. The van der Waals surface area contributed by atoms with Gasteiger partial charge in [0.15, 0.2) is 15.9 Å². The molecule has 0 aliphatic heterocycles. The van der Waals surface area contributed by atoms with Crippen LogP contribution >= 0.6 is 0 Å². The molecule has 6 nitrogen and oxygen atoms in total. The van der Waals surface area contributed by atoms with Crippen molar-refractivity contribution in [3.8, 4) is 0 Å². The van der Waals surface area contributed by atoms with Crippen molar-refractivity contribution in [3.63, 3.8) is 0 Å². The summed E-state index contributed by atoms with van der Waals surface area (Å²) in [6.45, 7) is 1.33. The van der Waals surface area contributed by atoms with Crippen molar-refractivity contribution in [2.24, 2.45) is 0 Å². The fourth-order valence-electron chi connectivity index (χ4n) is 2.05. The van der Waals surface area contributed by atoms with Crippen LogP contribution in [0.1, 0.15) is 17.3 Å². The van der Waals surface area contributed by atoms with Crippen LogP contribution in [0.25, 0.3) is 0 Å².